The molecule has 1 heterocycles. The molecule has 1 aliphatic heterocycles. The largest absolute Gasteiger partial charge is 0.342 e. The number of carbonyl (C=O) groups is 1. The number of fused-ring (bicyclic) bond motifs is 1. The maximum atomic E-state index is 14.0. The highest BCUT2D eigenvalue weighted by molar-refractivity contribution is 6.02. The Morgan fingerprint density at radius 2 is 1.24 bits per heavy atom. The predicted molar refractivity (Wildman–Crippen MR) is 138 cm³/mol. The van der Waals surface area contributed by atoms with Crippen LogP contribution in [0.4, 0.5) is 17.1 Å². The third-order valence-corrected chi connectivity index (χ3v) is 6.39. The molecule has 9 heteroatoms. The van der Waals surface area contributed by atoms with Crippen molar-refractivity contribution in [2.45, 2.75) is 19.3 Å². The summed E-state index contributed by atoms with van der Waals surface area (Å²) in [7, 11) is 0. The predicted octanol–water partition coefficient (Wildman–Crippen LogP) is 5.86. The van der Waals surface area contributed by atoms with Crippen molar-refractivity contribution in [1.82, 2.24) is 4.90 Å². The summed E-state index contributed by atoms with van der Waals surface area (Å²) in [6.45, 7) is 0.477. The van der Waals surface area contributed by atoms with Crippen molar-refractivity contribution in [3.05, 3.63) is 146 Å². The Morgan fingerprint density at radius 3 is 1.84 bits per heavy atom. The third-order valence-electron chi connectivity index (χ3n) is 6.39. The van der Waals surface area contributed by atoms with Crippen molar-refractivity contribution >= 4 is 23.0 Å². The van der Waals surface area contributed by atoms with E-state index < -0.39 is 21.9 Å². The number of para-hydroxylation sites is 1. The fraction of sp³-hybridized carbons (Fsp3) is 0.107. The van der Waals surface area contributed by atoms with Crippen LogP contribution in [0.2, 0.25) is 0 Å². The van der Waals surface area contributed by atoms with Gasteiger partial charge in [-0.25, -0.2) is 0 Å². The van der Waals surface area contributed by atoms with Crippen molar-refractivity contribution in [2.75, 3.05) is 4.90 Å². The summed E-state index contributed by atoms with van der Waals surface area (Å²) in [5.74, 6) is -0.435. The van der Waals surface area contributed by atoms with Crippen molar-refractivity contribution in [1.29, 1.82) is 0 Å². The van der Waals surface area contributed by atoms with Crippen LogP contribution in [-0.2, 0) is 13.1 Å². The molecule has 0 aromatic heterocycles. The Hall–Kier alpha value is -5.05. The summed E-state index contributed by atoms with van der Waals surface area (Å²) in [5, 5.41) is 23.6. The quantitative estimate of drug-likeness (QED) is 0.235. The van der Waals surface area contributed by atoms with Gasteiger partial charge in [0.15, 0.2) is 0 Å². The molecule has 4 aromatic carbocycles. The first-order valence-corrected chi connectivity index (χ1v) is 11.6. The van der Waals surface area contributed by atoms with Crippen molar-refractivity contribution in [2.24, 2.45) is 0 Å². The number of hydrogen-bond donors (Lipinski definition) is 0. The van der Waals surface area contributed by atoms with Gasteiger partial charge < -0.3 is 9.80 Å². The summed E-state index contributed by atoms with van der Waals surface area (Å²) >= 11 is 0. The summed E-state index contributed by atoms with van der Waals surface area (Å²) in [6, 6.07) is 29.4. The van der Waals surface area contributed by atoms with Gasteiger partial charge in [0.1, 0.15) is 6.17 Å². The van der Waals surface area contributed by atoms with E-state index in [9.17, 15) is 25.0 Å². The summed E-state index contributed by atoms with van der Waals surface area (Å²) in [5.41, 5.74) is 2.45. The van der Waals surface area contributed by atoms with Gasteiger partial charge in [-0.2, -0.15) is 0 Å². The Kier molecular flexibility index (Phi) is 6.34. The number of nitro benzene ring substituents is 2. The number of rotatable bonds is 7. The zero-order chi connectivity index (χ0) is 25.9. The number of hydrogen-bond acceptors (Lipinski definition) is 6. The van der Waals surface area contributed by atoms with Gasteiger partial charge in [-0.05, 0) is 23.3 Å². The minimum Gasteiger partial charge on any atom is -0.342 e. The minimum absolute atomic E-state index is 0.109. The lowest BCUT2D eigenvalue weighted by atomic mass is 9.97. The van der Waals surface area contributed by atoms with Crippen LogP contribution < -0.4 is 4.90 Å². The molecule has 0 fully saturated rings. The van der Waals surface area contributed by atoms with E-state index >= 15 is 0 Å². The van der Waals surface area contributed by atoms with Crippen LogP contribution >= 0.6 is 0 Å². The van der Waals surface area contributed by atoms with Gasteiger partial charge in [0.2, 0.25) is 0 Å². The molecule has 0 bridgehead atoms. The maximum Gasteiger partial charge on any atom is 0.276 e. The van der Waals surface area contributed by atoms with E-state index in [-0.39, 0.29) is 23.5 Å². The van der Waals surface area contributed by atoms with Gasteiger partial charge in [-0.15, -0.1) is 0 Å². The molecule has 1 atom stereocenters. The molecule has 0 radical (unpaired) electrons. The van der Waals surface area contributed by atoms with E-state index in [1.165, 1.54) is 18.2 Å². The lowest BCUT2D eigenvalue weighted by Gasteiger charge is -2.45. The zero-order valence-electron chi connectivity index (χ0n) is 19.6. The third kappa shape index (κ3) is 4.62. The second kappa shape index (κ2) is 9.90. The molecule has 0 aliphatic carbocycles. The Morgan fingerprint density at radius 1 is 0.676 bits per heavy atom. The lowest BCUT2D eigenvalue weighted by molar-refractivity contribution is -0.386. The molecule has 0 spiro atoms. The number of amides is 1. The van der Waals surface area contributed by atoms with Gasteiger partial charge in [0.05, 0.1) is 26.7 Å². The monoisotopic (exact) mass is 494 g/mol. The molecule has 5 rings (SSSR count). The first kappa shape index (κ1) is 23.7. The molecule has 9 nitrogen and oxygen atoms in total. The number of nitrogens with zero attached hydrogens (tertiary/aromatic N) is 4. The molecular formula is C28H22N4O5. The second-order valence-corrected chi connectivity index (χ2v) is 8.68. The summed E-state index contributed by atoms with van der Waals surface area (Å²) < 4.78 is 0. The Bertz CT molecular complexity index is 1480. The maximum absolute atomic E-state index is 14.0. The normalized spacial score (nSPS) is 14.8. The Balaban J connectivity index is 1.75. The first-order valence-electron chi connectivity index (χ1n) is 11.6. The van der Waals surface area contributed by atoms with Crippen LogP contribution in [0, 0.1) is 20.2 Å². The van der Waals surface area contributed by atoms with Gasteiger partial charge in [0, 0.05) is 31.3 Å². The van der Waals surface area contributed by atoms with E-state index in [1.807, 2.05) is 65.6 Å². The van der Waals surface area contributed by atoms with Crippen LogP contribution in [0.1, 0.15) is 33.2 Å². The smallest absolute Gasteiger partial charge is 0.276 e. The van der Waals surface area contributed by atoms with E-state index in [2.05, 4.69) is 0 Å². The average molecular weight is 495 g/mol. The topological polar surface area (TPSA) is 110 Å². The molecule has 37 heavy (non-hydrogen) atoms. The van der Waals surface area contributed by atoms with Gasteiger partial charge in [-0.3, -0.25) is 25.0 Å². The highest BCUT2D eigenvalue weighted by Gasteiger charge is 2.42. The fourth-order valence-corrected chi connectivity index (χ4v) is 4.72. The fourth-order valence-electron chi connectivity index (χ4n) is 4.72. The zero-order valence-corrected chi connectivity index (χ0v) is 19.6. The van der Waals surface area contributed by atoms with Crippen molar-refractivity contribution < 1.29 is 14.6 Å². The van der Waals surface area contributed by atoms with Crippen LogP contribution in [0.5, 0.6) is 0 Å². The molecule has 184 valence electrons. The van der Waals surface area contributed by atoms with Crippen LogP contribution in [0.15, 0.2) is 103 Å². The van der Waals surface area contributed by atoms with Crippen LogP contribution in [-0.4, -0.2) is 20.7 Å². The first-order chi connectivity index (χ1) is 17.9. The van der Waals surface area contributed by atoms with E-state index in [0.717, 1.165) is 11.1 Å². The van der Waals surface area contributed by atoms with Gasteiger partial charge in [0.25, 0.3) is 17.3 Å². The minimum atomic E-state index is -0.830. The van der Waals surface area contributed by atoms with E-state index in [4.69, 9.17) is 0 Å². The van der Waals surface area contributed by atoms with Gasteiger partial charge in [-0.1, -0.05) is 72.8 Å². The van der Waals surface area contributed by atoms with Crippen molar-refractivity contribution in [3.8, 4) is 0 Å². The number of nitro groups is 2. The van der Waals surface area contributed by atoms with Crippen LogP contribution in [0.25, 0.3) is 0 Å². The van der Waals surface area contributed by atoms with Crippen LogP contribution in [0.3, 0.4) is 0 Å². The summed E-state index contributed by atoms with van der Waals surface area (Å²) in [6.07, 6.45) is -0.830. The average Bonchev–Trinajstić information content (AvgIpc) is 2.92. The standard InChI is InChI=1S/C28H22N4O5/c33-28-24-17-22(31(34)35)15-16-25(24)29(18-20-9-3-1-4-10-20)27(23-13-7-8-14-26(23)32(36)37)30(28)19-21-11-5-2-6-12-21/h1-17,27H,18-19H2/t27-/m0/s1. The molecule has 1 amide bonds. The SMILES string of the molecule is O=C1c2cc([N+](=O)[O-])ccc2N(Cc2ccccc2)[C@H](c2ccccc2[N+](=O)[O-])N1Cc1ccccc1. The highest BCUT2D eigenvalue weighted by atomic mass is 16.6. The number of non-ortho nitro benzene ring substituents is 1. The number of carbonyl (C=O) groups excluding carboxylic acids is 1. The molecule has 4 aromatic rings. The molecule has 0 saturated carbocycles. The molecule has 1 aliphatic rings. The van der Waals surface area contributed by atoms with Gasteiger partial charge >= 0.3 is 0 Å². The summed E-state index contributed by atoms with van der Waals surface area (Å²) in [4.78, 5) is 40.0. The molecular weight excluding hydrogens is 472 g/mol. The number of anilines is 1. The van der Waals surface area contributed by atoms with Crippen molar-refractivity contribution in [3.63, 3.8) is 0 Å². The molecule has 0 saturated heterocycles. The molecule has 0 unspecified atom stereocenters. The highest BCUT2D eigenvalue weighted by Crippen LogP contribution is 2.44. The molecule has 0 N–H and O–H groups in total. The lowest BCUT2D eigenvalue weighted by Crippen LogP contribution is -2.49. The second-order valence-electron chi connectivity index (χ2n) is 8.68. The Labute approximate surface area is 212 Å². The van der Waals surface area contributed by atoms with E-state index in [0.29, 0.717) is 17.8 Å². The number of benzene rings is 4. The van der Waals surface area contributed by atoms with E-state index in [1.54, 1.807) is 29.2 Å².